The number of pyridine rings is 2. The molecular formula is C18H22N4O3. The molecule has 1 fully saturated rings. The van der Waals surface area contributed by atoms with Crippen LogP contribution < -0.4 is 16.6 Å². The van der Waals surface area contributed by atoms with E-state index < -0.39 is 5.97 Å². The zero-order valence-corrected chi connectivity index (χ0v) is 14.4. The molecule has 2 aromatic rings. The van der Waals surface area contributed by atoms with Crippen LogP contribution in [0.5, 0.6) is 0 Å². The second-order valence-electron chi connectivity index (χ2n) is 6.40. The maximum atomic E-state index is 12.4. The van der Waals surface area contributed by atoms with Crippen LogP contribution in [-0.2, 0) is 11.8 Å². The van der Waals surface area contributed by atoms with E-state index >= 15 is 0 Å². The number of hydrogen-bond acceptors (Lipinski definition) is 6. The van der Waals surface area contributed by atoms with Gasteiger partial charge in [-0.15, -0.1) is 0 Å². The number of carbonyl (C=O) groups is 1. The maximum absolute atomic E-state index is 12.4. The summed E-state index contributed by atoms with van der Waals surface area (Å²) in [6.07, 6.45) is 6.09. The molecule has 0 aliphatic heterocycles. The summed E-state index contributed by atoms with van der Waals surface area (Å²) in [5.41, 5.74) is 7.11. The number of nitrogens with two attached hydrogens (primary N) is 1. The van der Waals surface area contributed by atoms with Gasteiger partial charge >= 0.3 is 5.97 Å². The van der Waals surface area contributed by atoms with Crippen molar-refractivity contribution in [2.24, 2.45) is 12.8 Å². The van der Waals surface area contributed by atoms with Gasteiger partial charge in [-0.1, -0.05) is 0 Å². The van der Waals surface area contributed by atoms with Crippen LogP contribution in [0.3, 0.4) is 0 Å². The Kier molecular flexibility index (Phi) is 4.85. The van der Waals surface area contributed by atoms with Gasteiger partial charge in [-0.3, -0.25) is 4.79 Å². The average molecular weight is 342 g/mol. The first kappa shape index (κ1) is 17.2. The molecule has 132 valence electrons. The number of ether oxygens (including phenoxy) is 1. The highest BCUT2D eigenvalue weighted by atomic mass is 16.5. The third-order valence-corrected chi connectivity index (χ3v) is 4.50. The fraction of sp³-hybridized carbons (Fsp3) is 0.389. The topological polar surface area (TPSA) is 99.2 Å². The SMILES string of the molecule is COC(=O)c1cc(-c2ccc(N[C@H]3CC[C@H](N)C3)nc2)c(=O)n(C)c1. The minimum Gasteiger partial charge on any atom is -0.465 e. The number of esters is 1. The lowest BCUT2D eigenvalue weighted by molar-refractivity contribution is 0.0599. The van der Waals surface area contributed by atoms with Crippen molar-refractivity contribution >= 4 is 11.8 Å². The van der Waals surface area contributed by atoms with Gasteiger partial charge in [0.2, 0.25) is 0 Å². The molecule has 3 N–H and O–H groups in total. The van der Waals surface area contributed by atoms with Crippen molar-refractivity contribution in [3.05, 3.63) is 46.5 Å². The van der Waals surface area contributed by atoms with Gasteiger partial charge in [0, 0.05) is 42.7 Å². The summed E-state index contributed by atoms with van der Waals surface area (Å²) in [7, 11) is 2.91. The Morgan fingerprint density at radius 3 is 2.80 bits per heavy atom. The first-order chi connectivity index (χ1) is 12.0. The van der Waals surface area contributed by atoms with E-state index in [-0.39, 0.29) is 11.6 Å². The highest BCUT2D eigenvalue weighted by Gasteiger charge is 2.21. The zero-order chi connectivity index (χ0) is 18.0. The molecule has 2 atom stereocenters. The summed E-state index contributed by atoms with van der Waals surface area (Å²) >= 11 is 0. The molecule has 0 saturated heterocycles. The van der Waals surface area contributed by atoms with E-state index in [9.17, 15) is 9.59 Å². The third kappa shape index (κ3) is 3.71. The van der Waals surface area contributed by atoms with Crippen molar-refractivity contribution < 1.29 is 9.53 Å². The molecule has 1 aliphatic rings. The predicted molar refractivity (Wildman–Crippen MR) is 95.5 cm³/mol. The predicted octanol–water partition coefficient (Wildman–Crippen LogP) is 1.53. The fourth-order valence-corrected chi connectivity index (χ4v) is 3.14. The second kappa shape index (κ2) is 7.06. The summed E-state index contributed by atoms with van der Waals surface area (Å²) in [6, 6.07) is 5.78. The summed E-state index contributed by atoms with van der Waals surface area (Å²) in [5, 5.41) is 3.37. The van der Waals surface area contributed by atoms with Crippen LogP contribution in [0.4, 0.5) is 5.82 Å². The summed E-state index contributed by atoms with van der Waals surface area (Å²) < 4.78 is 6.10. The van der Waals surface area contributed by atoms with Gasteiger partial charge in [-0.2, -0.15) is 0 Å². The Morgan fingerprint density at radius 2 is 2.20 bits per heavy atom. The number of aryl methyl sites for hydroxylation is 1. The molecule has 0 spiro atoms. The largest absolute Gasteiger partial charge is 0.465 e. The molecule has 1 saturated carbocycles. The Bertz CT molecular complexity index is 829. The van der Waals surface area contributed by atoms with Crippen LogP contribution in [0.15, 0.2) is 35.4 Å². The minimum atomic E-state index is -0.485. The number of rotatable bonds is 4. The lowest BCUT2D eigenvalue weighted by Crippen LogP contribution is -2.21. The van der Waals surface area contributed by atoms with E-state index in [0.29, 0.717) is 22.7 Å². The lowest BCUT2D eigenvalue weighted by Gasteiger charge is -2.13. The van der Waals surface area contributed by atoms with E-state index in [1.807, 2.05) is 12.1 Å². The van der Waals surface area contributed by atoms with Gasteiger partial charge < -0.3 is 20.4 Å². The van der Waals surface area contributed by atoms with Crippen LogP contribution in [0.1, 0.15) is 29.6 Å². The number of anilines is 1. The number of methoxy groups -OCH3 is 1. The first-order valence-electron chi connectivity index (χ1n) is 8.25. The molecule has 7 heteroatoms. The smallest absolute Gasteiger partial charge is 0.339 e. The van der Waals surface area contributed by atoms with E-state index in [1.54, 1.807) is 13.2 Å². The highest BCUT2D eigenvalue weighted by Crippen LogP contribution is 2.22. The molecule has 0 bridgehead atoms. The standard InChI is InChI=1S/C18H22N4O3/c1-22-10-12(18(24)25-2)7-15(17(22)23)11-3-6-16(20-9-11)21-14-5-4-13(19)8-14/h3,6-7,9-10,13-14H,4-5,8,19H2,1-2H3,(H,20,21)/t13-,14-/m0/s1. The molecule has 25 heavy (non-hydrogen) atoms. The van der Waals surface area contributed by atoms with Crippen molar-refractivity contribution in [3.8, 4) is 11.1 Å². The van der Waals surface area contributed by atoms with Gasteiger partial charge in [0.05, 0.1) is 12.7 Å². The fourth-order valence-electron chi connectivity index (χ4n) is 3.14. The average Bonchev–Trinajstić information content (AvgIpc) is 3.02. The number of carbonyl (C=O) groups excluding carboxylic acids is 1. The molecule has 7 nitrogen and oxygen atoms in total. The quantitative estimate of drug-likeness (QED) is 0.818. The zero-order valence-electron chi connectivity index (χ0n) is 14.4. The highest BCUT2D eigenvalue weighted by molar-refractivity contribution is 5.90. The van der Waals surface area contributed by atoms with E-state index in [0.717, 1.165) is 25.1 Å². The number of nitrogens with one attached hydrogen (secondary N) is 1. The third-order valence-electron chi connectivity index (χ3n) is 4.50. The number of hydrogen-bond donors (Lipinski definition) is 2. The normalized spacial score (nSPS) is 19.6. The molecule has 0 unspecified atom stereocenters. The van der Waals surface area contributed by atoms with Crippen LogP contribution in [0.25, 0.3) is 11.1 Å². The van der Waals surface area contributed by atoms with Crippen molar-refractivity contribution in [2.45, 2.75) is 31.3 Å². The van der Waals surface area contributed by atoms with Crippen LogP contribution in [-0.4, -0.2) is 34.7 Å². The Balaban J connectivity index is 1.85. The Morgan fingerprint density at radius 1 is 1.40 bits per heavy atom. The van der Waals surface area contributed by atoms with Crippen molar-refractivity contribution in [3.63, 3.8) is 0 Å². The van der Waals surface area contributed by atoms with Gasteiger partial charge in [-0.05, 0) is 37.5 Å². The summed E-state index contributed by atoms with van der Waals surface area (Å²) in [5.74, 6) is 0.268. The van der Waals surface area contributed by atoms with Crippen molar-refractivity contribution in [1.82, 2.24) is 9.55 Å². The summed E-state index contributed by atoms with van der Waals surface area (Å²) in [6.45, 7) is 0. The lowest BCUT2D eigenvalue weighted by atomic mass is 10.1. The van der Waals surface area contributed by atoms with Crippen molar-refractivity contribution in [2.75, 3.05) is 12.4 Å². The molecule has 1 aliphatic carbocycles. The van der Waals surface area contributed by atoms with E-state index in [4.69, 9.17) is 10.5 Å². The van der Waals surface area contributed by atoms with Crippen molar-refractivity contribution in [1.29, 1.82) is 0 Å². The number of aromatic nitrogens is 2. The van der Waals surface area contributed by atoms with Crippen LogP contribution in [0, 0.1) is 0 Å². The van der Waals surface area contributed by atoms with E-state index in [1.165, 1.54) is 23.9 Å². The molecule has 0 radical (unpaired) electrons. The van der Waals surface area contributed by atoms with Crippen LogP contribution in [0.2, 0.25) is 0 Å². The minimum absolute atomic E-state index is 0.197. The maximum Gasteiger partial charge on any atom is 0.339 e. The second-order valence-corrected chi connectivity index (χ2v) is 6.40. The monoisotopic (exact) mass is 342 g/mol. The molecule has 3 rings (SSSR count). The molecule has 0 aromatic carbocycles. The molecule has 2 heterocycles. The van der Waals surface area contributed by atoms with Crippen LogP contribution >= 0.6 is 0 Å². The van der Waals surface area contributed by atoms with Gasteiger partial charge in [0.1, 0.15) is 5.82 Å². The van der Waals surface area contributed by atoms with Gasteiger partial charge in [0.15, 0.2) is 0 Å². The molecular weight excluding hydrogens is 320 g/mol. The first-order valence-corrected chi connectivity index (χ1v) is 8.25. The molecule has 0 amide bonds. The Labute approximate surface area is 145 Å². The number of nitrogens with zero attached hydrogens (tertiary/aromatic N) is 2. The molecule has 2 aromatic heterocycles. The Hall–Kier alpha value is -2.67. The van der Waals surface area contributed by atoms with Gasteiger partial charge in [-0.25, -0.2) is 9.78 Å². The summed E-state index contributed by atoms with van der Waals surface area (Å²) in [4.78, 5) is 28.5. The van der Waals surface area contributed by atoms with E-state index in [2.05, 4.69) is 10.3 Å². The van der Waals surface area contributed by atoms with Gasteiger partial charge in [0.25, 0.3) is 5.56 Å².